The van der Waals surface area contributed by atoms with Crippen molar-refractivity contribution in [3.63, 3.8) is 0 Å². The third kappa shape index (κ3) is 5.36. The van der Waals surface area contributed by atoms with Crippen LogP contribution >= 0.6 is 0 Å². The second-order valence-electron chi connectivity index (χ2n) is 7.43. The van der Waals surface area contributed by atoms with Crippen LogP contribution in [0.15, 0.2) is 90.5 Å². The molecule has 5 nitrogen and oxygen atoms in total. The van der Waals surface area contributed by atoms with Crippen LogP contribution in [0.4, 0.5) is 10.2 Å². The number of hydrogen-bond acceptors (Lipinski definition) is 5. The molecule has 0 unspecified atom stereocenters. The highest BCUT2D eigenvalue weighted by molar-refractivity contribution is 5.87. The van der Waals surface area contributed by atoms with Crippen LogP contribution in [0.1, 0.15) is 18.2 Å². The zero-order valence-electron chi connectivity index (χ0n) is 18.5. The van der Waals surface area contributed by atoms with Gasteiger partial charge in [-0.1, -0.05) is 48.6 Å². The molecule has 4 aromatic rings. The standard InChI is InChI=1S/C27H24FN5/c1-3-6-24(22-11-12-30-19(2)15-22)17-29-13-14-31-27-25(28)26(32-18-33-27)23-10-9-20-7-4-5-8-21(20)16-23/h3-13,15-18H,14H2,1-2H3,(H,31,32,33)/b6-3-,24-17+,29-13?. The molecule has 2 aromatic carbocycles. The van der Waals surface area contributed by atoms with E-state index in [2.05, 4.69) is 25.3 Å². The lowest BCUT2D eigenvalue weighted by atomic mass is 10.0. The van der Waals surface area contributed by atoms with E-state index in [0.717, 1.165) is 27.6 Å². The Morgan fingerprint density at radius 1 is 1.03 bits per heavy atom. The minimum Gasteiger partial charge on any atom is -0.362 e. The van der Waals surface area contributed by atoms with Crippen molar-refractivity contribution in [1.82, 2.24) is 15.0 Å². The molecule has 2 heterocycles. The van der Waals surface area contributed by atoms with Crippen molar-refractivity contribution in [3.05, 3.63) is 103 Å². The van der Waals surface area contributed by atoms with Gasteiger partial charge in [0.25, 0.3) is 0 Å². The summed E-state index contributed by atoms with van der Waals surface area (Å²) in [6.07, 6.45) is 10.5. The Labute approximate surface area is 192 Å². The van der Waals surface area contributed by atoms with Gasteiger partial charge >= 0.3 is 0 Å². The molecule has 0 saturated heterocycles. The molecular formula is C27H24FN5. The first-order chi connectivity index (χ1) is 16.2. The first-order valence-corrected chi connectivity index (χ1v) is 10.7. The van der Waals surface area contributed by atoms with Crippen molar-refractivity contribution >= 4 is 28.4 Å². The SMILES string of the molecule is C/C=C\C(=C/N=CCNc1ncnc(-c2ccc3ccccc3c2)c1F)c1ccnc(C)c1. The van der Waals surface area contributed by atoms with Crippen molar-refractivity contribution in [2.24, 2.45) is 4.99 Å². The largest absolute Gasteiger partial charge is 0.362 e. The molecule has 0 bridgehead atoms. The van der Waals surface area contributed by atoms with Crippen LogP contribution < -0.4 is 5.32 Å². The Hall–Kier alpha value is -4.19. The van der Waals surface area contributed by atoms with Crippen LogP contribution in [0.5, 0.6) is 0 Å². The van der Waals surface area contributed by atoms with Crippen LogP contribution in [0, 0.1) is 12.7 Å². The number of aryl methyl sites for hydroxylation is 1. The first-order valence-electron chi connectivity index (χ1n) is 10.7. The van der Waals surface area contributed by atoms with Gasteiger partial charge in [0.1, 0.15) is 12.0 Å². The average Bonchev–Trinajstić information content (AvgIpc) is 2.84. The lowest BCUT2D eigenvalue weighted by Gasteiger charge is -2.08. The molecular weight excluding hydrogens is 413 g/mol. The van der Waals surface area contributed by atoms with Gasteiger partial charge in [-0.05, 0) is 54.0 Å². The van der Waals surface area contributed by atoms with E-state index in [1.165, 1.54) is 6.33 Å². The molecule has 1 N–H and O–H groups in total. The lowest BCUT2D eigenvalue weighted by molar-refractivity contribution is 0.622. The zero-order valence-corrected chi connectivity index (χ0v) is 18.5. The fourth-order valence-electron chi connectivity index (χ4n) is 3.48. The van der Waals surface area contributed by atoms with Crippen molar-refractivity contribution in [1.29, 1.82) is 0 Å². The monoisotopic (exact) mass is 437 g/mol. The summed E-state index contributed by atoms with van der Waals surface area (Å²) in [6, 6.07) is 17.7. The molecule has 0 saturated carbocycles. The second kappa shape index (κ2) is 10.4. The third-order valence-electron chi connectivity index (χ3n) is 5.07. The number of aromatic nitrogens is 3. The molecule has 33 heavy (non-hydrogen) atoms. The summed E-state index contributed by atoms with van der Waals surface area (Å²) in [6.45, 7) is 4.23. The van der Waals surface area contributed by atoms with Crippen molar-refractivity contribution in [3.8, 4) is 11.3 Å². The Bertz CT molecular complexity index is 1360. The van der Waals surface area contributed by atoms with Crippen LogP contribution in [-0.2, 0) is 0 Å². The molecule has 164 valence electrons. The Morgan fingerprint density at radius 3 is 2.70 bits per heavy atom. The van der Waals surface area contributed by atoms with E-state index in [4.69, 9.17) is 0 Å². The Morgan fingerprint density at radius 2 is 1.88 bits per heavy atom. The molecule has 0 amide bonds. The van der Waals surface area contributed by atoms with E-state index >= 15 is 4.39 Å². The van der Waals surface area contributed by atoms with E-state index in [0.29, 0.717) is 12.1 Å². The molecule has 0 fully saturated rings. The Balaban J connectivity index is 1.48. The molecule has 2 aromatic heterocycles. The predicted molar refractivity (Wildman–Crippen MR) is 134 cm³/mol. The molecule has 0 aliphatic carbocycles. The lowest BCUT2D eigenvalue weighted by Crippen LogP contribution is -2.08. The maximum absolute atomic E-state index is 15.1. The smallest absolute Gasteiger partial charge is 0.191 e. The highest BCUT2D eigenvalue weighted by Crippen LogP contribution is 2.27. The topological polar surface area (TPSA) is 63.1 Å². The van der Waals surface area contributed by atoms with Gasteiger partial charge in [-0.3, -0.25) is 9.98 Å². The number of hydrogen-bond donors (Lipinski definition) is 1. The van der Waals surface area contributed by atoms with Crippen LogP contribution in [-0.4, -0.2) is 27.7 Å². The quantitative estimate of drug-likeness (QED) is 0.275. The number of allylic oxidation sites excluding steroid dienone is 3. The molecule has 0 atom stereocenters. The molecule has 4 rings (SSSR count). The number of pyridine rings is 1. The van der Waals surface area contributed by atoms with Gasteiger partial charge in [-0.25, -0.2) is 14.4 Å². The Kier molecular flexibility index (Phi) is 6.95. The van der Waals surface area contributed by atoms with E-state index in [1.54, 1.807) is 18.6 Å². The van der Waals surface area contributed by atoms with Crippen LogP contribution in [0.25, 0.3) is 27.6 Å². The van der Waals surface area contributed by atoms with Gasteiger partial charge in [-0.2, -0.15) is 0 Å². The summed E-state index contributed by atoms with van der Waals surface area (Å²) < 4.78 is 15.1. The predicted octanol–water partition coefficient (Wildman–Crippen LogP) is 6.24. The second-order valence-corrected chi connectivity index (χ2v) is 7.43. The maximum atomic E-state index is 15.1. The van der Waals surface area contributed by atoms with Gasteiger partial charge in [0.05, 0.1) is 6.54 Å². The number of nitrogens with zero attached hydrogens (tertiary/aromatic N) is 4. The van der Waals surface area contributed by atoms with Crippen LogP contribution in [0.2, 0.25) is 0 Å². The van der Waals surface area contributed by atoms with Gasteiger partial charge in [0.15, 0.2) is 11.6 Å². The van der Waals surface area contributed by atoms with E-state index in [-0.39, 0.29) is 11.5 Å². The van der Waals surface area contributed by atoms with Crippen LogP contribution in [0.3, 0.4) is 0 Å². The number of aliphatic imine (C=N–C) groups is 1. The van der Waals surface area contributed by atoms with Gasteiger partial charge in [-0.15, -0.1) is 0 Å². The number of fused-ring (bicyclic) bond motifs is 1. The summed E-state index contributed by atoms with van der Waals surface area (Å²) in [5.74, 6) is -0.347. The van der Waals surface area contributed by atoms with E-state index < -0.39 is 5.82 Å². The number of anilines is 1. The molecule has 0 radical (unpaired) electrons. The summed E-state index contributed by atoms with van der Waals surface area (Å²) >= 11 is 0. The normalized spacial score (nSPS) is 12.2. The maximum Gasteiger partial charge on any atom is 0.191 e. The summed E-state index contributed by atoms with van der Waals surface area (Å²) in [4.78, 5) is 16.8. The summed E-state index contributed by atoms with van der Waals surface area (Å²) in [7, 11) is 0. The summed E-state index contributed by atoms with van der Waals surface area (Å²) in [5, 5.41) is 5.11. The minimum absolute atomic E-state index is 0.141. The third-order valence-corrected chi connectivity index (χ3v) is 5.07. The van der Waals surface area contributed by atoms with E-state index in [9.17, 15) is 0 Å². The molecule has 0 aliphatic rings. The fraction of sp³-hybridized carbons (Fsp3) is 0.111. The van der Waals surface area contributed by atoms with Gasteiger partial charge in [0.2, 0.25) is 0 Å². The van der Waals surface area contributed by atoms with Gasteiger partial charge in [0, 0.05) is 29.9 Å². The van der Waals surface area contributed by atoms with Gasteiger partial charge < -0.3 is 5.32 Å². The number of nitrogens with one attached hydrogen (secondary N) is 1. The van der Waals surface area contributed by atoms with E-state index in [1.807, 2.05) is 80.6 Å². The average molecular weight is 438 g/mol. The number of halogens is 1. The highest BCUT2D eigenvalue weighted by Gasteiger charge is 2.13. The highest BCUT2D eigenvalue weighted by atomic mass is 19.1. The fourth-order valence-corrected chi connectivity index (χ4v) is 3.48. The zero-order chi connectivity index (χ0) is 23.0. The van der Waals surface area contributed by atoms with Crippen molar-refractivity contribution in [2.45, 2.75) is 13.8 Å². The van der Waals surface area contributed by atoms with Crippen molar-refractivity contribution in [2.75, 3.05) is 11.9 Å². The molecule has 0 aliphatic heterocycles. The number of rotatable bonds is 7. The first kappa shape index (κ1) is 22.0. The minimum atomic E-state index is -0.487. The summed E-state index contributed by atoms with van der Waals surface area (Å²) in [5.41, 5.74) is 3.91. The van der Waals surface area contributed by atoms with Crippen molar-refractivity contribution < 1.29 is 4.39 Å². The number of benzene rings is 2. The molecule has 0 spiro atoms. The molecule has 6 heteroatoms.